The molecule has 0 saturated heterocycles. The molecule has 2 aliphatic rings. The van der Waals surface area contributed by atoms with E-state index in [9.17, 15) is 0 Å². The molecule has 2 aromatic carbocycles. The lowest BCUT2D eigenvalue weighted by Gasteiger charge is -2.15. The highest BCUT2D eigenvalue weighted by atomic mass is 14.3. The van der Waals surface area contributed by atoms with E-state index in [4.69, 9.17) is 0 Å². The Hall–Kier alpha value is -1.82. The lowest BCUT2D eigenvalue weighted by Crippen LogP contribution is -1.97. The molecule has 0 amide bonds. The van der Waals surface area contributed by atoms with Crippen molar-refractivity contribution in [2.24, 2.45) is 0 Å². The number of aryl methyl sites for hydroxylation is 1. The highest BCUT2D eigenvalue weighted by Crippen LogP contribution is 2.41. The van der Waals surface area contributed by atoms with Crippen LogP contribution in [-0.2, 0) is 19.3 Å². The maximum Gasteiger partial charge on any atom is -0.00543 e. The molecule has 0 heterocycles. The number of hydrogen-bond acceptors (Lipinski definition) is 0. The predicted octanol–water partition coefficient (Wildman–Crippen LogP) is 4.80. The average Bonchev–Trinajstić information content (AvgIpc) is 3.01. The third-order valence-electron chi connectivity index (χ3n) is 4.46. The molecule has 0 spiro atoms. The lowest BCUT2D eigenvalue weighted by atomic mass is 9.89. The Morgan fingerprint density at radius 2 is 1.79 bits per heavy atom. The minimum atomic E-state index is 1.13. The van der Waals surface area contributed by atoms with Gasteiger partial charge in [-0.1, -0.05) is 48.0 Å². The van der Waals surface area contributed by atoms with E-state index >= 15 is 0 Å². The van der Waals surface area contributed by atoms with Crippen molar-refractivity contribution in [2.75, 3.05) is 0 Å². The minimum absolute atomic E-state index is 1.13. The molecule has 19 heavy (non-hydrogen) atoms. The summed E-state index contributed by atoms with van der Waals surface area (Å²) >= 11 is 0. The van der Waals surface area contributed by atoms with Crippen LogP contribution < -0.4 is 0 Å². The summed E-state index contributed by atoms with van der Waals surface area (Å²) in [4.78, 5) is 0. The molecule has 0 bridgehead atoms. The molecule has 94 valence electrons. The molecular weight excluding hydrogens is 228 g/mol. The van der Waals surface area contributed by atoms with Crippen molar-refractivity contribution in [3.05, 3.63) is 64.2 Å². The zero-order valence-corrected chi connectivity index (χ0v) is 11.4. The zero-order valence-electron chi connectivity index (χ0n) is 11.4. The second kappa shape index (κ2) is 4.09. The summed E-state index contributed by atoms with van der Waals surface area (Å²) in [6.45, 7) is 2.25. The van der Waals surface area contributed by atoms with Crippen molar-refractivity contribution in [1.82, 2.24) is 0 Å². The first kappa shape index (κ1) is 11.0. The molecule has 2 aromatic rings. The van der Waals surface area contributed by atoms with Gasteiger partial charge in [0.15, 0.2) is 0 Å². The van der Waals surface area contributed by atoms with Crippen LogP contribution in [0.25, 0.3) is 17.2 Å². The zero-order chi connectivity index (χ0) is 12.8. The van der Waals surface area contributed by atoms with Gasteiger partial charge >= 0.3 is 0 Å². The quantitative estimate of drug-likeness (QED) is 0.678. The van der Waals surface area contributed by atoms with Crippen molar-refractivity contribution in [3.63, 3.8) is 0 Å². The smallest absolute Gasteiger partial charge is 0.00543 e. The standard InChI is InChI=1S/C19H18/c1-13-10-16-12-15-8-5-9-17(15)19(18(16)11-13)14-6-3-2-4-7-14/h2-4,6-7,10,12H,5,8-9,11H2,1H3. The Balaban J connectivity index is 2.01. The minimum Gasteiger partial charge on any atom is -0.0683 e. The molecule has 0 radical (unpaired) electrons. The van der Waals surface area contributed by atoms with E-state index in [1.807, 2.05) is 0 Å². The summed E-state index contributed by atoms with van der Waals surface area (Å²) in [7, 11) is 0. The van der Waals surface area contributed by atoms with Gasteiger partial charge in [0.05, 0.1) is 0 Å². The predicted molar refractivity (Wildman–Crippen MR) is 81.3 cm³/mol. The number of hydrogen-bond donors (Lipinski definition) is 0. The second-order valence-corrected chi connectivity index (χ2v) is 5.84. The molecule has 0 aromatic heterocycles. The van der Waals surface area contributed by atoms with Crippen LogP contribution in [-0.4, -0.2) is 0 Å². The van der Waals surface area contributed by atoms with E-state index in [1.54, 1.807) is 22.3 Å². The van der Waals surface area contributed by atoms with Crippen molar-refractivity contribution in [2.45, 2.75) is 32.6 Å². The van der Waals surface area contributed by atoms with E-state index in [2.05, 4.69) is 49.4 Å². The van der Waals surface area contributed by atoms with Gasteiger partial charge in [-0.2, -0.15) is 0 Å². The van der Waals surface area contributed by atoms with Crippen LogP contribution in [0.3, 0.4) is 0 Å². The summed E-state index contributed by atoms with van der Waals surface area (Å²) in [5.74, 6) is 0. The van der Waals surface area contributed by atoms with Gasteiger partial charge in [-0.15, -0.1) is 0 Å². The van der Waals surface area contributed by atoms with E-state index in [0.29, 0.717) is 0 Å². The third-order valence-corrected chi connectivity index (χ3v) is 4.46. The van der Waals surface area contributed by atoms with Gasteiger partial charge in [-0.3, -0.25) is 0 Å². The maximum atomic E-state index is 2.45. The highest BCUT2D eigenvalue weighted by Gasteiger charge is 2.23. The Morgan fingerprint density at radius 1 is 0.947 bits per heavy atom. The van der Waals surface area contributed by atoms with Gasteiger partial charge in [-0.25, -0.2) is 0 Å². The molecule has 0 heteroatoms. The topological polar surface area (TPSA) is 0 Å². The van der Waals surface area contributed by atoms with Crippen molar-refractivity contribution in [3.8, 4) is 11.1 Å². The summed E-state index contributed by atoms with van der Waals surface area (Å²) in [5.41, 5.74) is 10.7. The van der Waals surface area contributed by atoms with Crippen LogP contribution >= 0.6 is 0 Å². The molecule has 4 rings (SSSR count). The SMILES string of the molecule is CC1=Cc2cc3c(c(-c4ccccc4)c2C1)CCC3. The Kier molecular flexibility index (Phi) is 2.38. The summed E-state index contributed by atoms with van der Waals surface area (Å²) in [6, 6.07) is 13.4. The molecular formula is C19H18. The number of benzene rings is 2. The maximum absolute atomic E-state index is 2.45. The number of rotatable bonds is 1. The summed E-state index contributed by atoms with van der Waals surface area (Å²) < 4.78 is 0. The Labute approximate surface area is 114 Å². The van der Waals surface area contributed by atoms with Crippen LogP contribution in [0.4, 0.5) is 0 Å². The van der Waals surface area contributed by atoms with Crippen molar-refractivity contribution < 1.29 is 0 Å². The first-order valence-corrected chi connectivity index (χ1v) is 7.23. The van der Waals surface area contributed by atoms with Crippen LogP contribution in [0.2, 0.25) is 0 Å². The fourth-order valence-corrected chi connectivity index (χ4v) is 3.68. The van der Waals surface area contributed by atoms with Crippen molar-refractivity contribution in [1.29, 1.82) is 0 Å². The van der Waals surface area contributed by atoms with Crippen LogP contribution in [0, 0.1) is 0 Å². The van der Waals surface area contributed by atoms with Crippen LogP contribution in [0.15, 0.2) is 42.0 Å². The first-order valence-electron chi connectivity index (χ1n) is 7.23. The molecule has 0 unspecified atom stereocenters. The first-order chi connectivity index (χ1) is 9.33. The third kappa shape index (κ3) is 1.67. The van der Waals surface area contributed by atoms with Crippen LogP contribution in [0.5, 0.6) is 0 Å². The molecule has 2 aliphatic carbocycles. The molecule has 0 atom stereocenters. The molecule has 0 N–H and O–H groups in total. The van der Waals surface area contributed by atoms with Gasteiger partial charge in [-0.05, 0) is 66.0 Å². The fraction of sp³-hybridized carbons (Fsp3) is 0.263. The average molecular weight is 246 g/mol. The normalized spacial score (nSPS) is 16.2. The van der Waals surface area contributed by atoms with Crippen molar-refractivity contribution >= 4 is 6.08 Å². The Morgan fingerprint density at radius 3 is 2.63 bits per heavy atom. The highest BCUT2D eigenvalue weighted by molar-refractivity contribution is 5.81. The van der Waals surface area contributed by atoms with Gasteiger partial charge in [0.2, 0.25) is 0 Å². The fourth-order valence-electron chi connectivity index (χ4n) is 3.68. The lowest BCUT2D eigenvalue weighted by molar-refractivity contribution is 0.912. The molecule has 0 nitrogen and oxygen atoms in total. The molecule has 0 saturated carbocycles. The van der Waals surface area contributed by atoms with Gasteiger partial charge < -0.3 is 0 Å². The van der Waals surface area contributed by atoms with E-state index in [0.717, 1.165) is 6.42 Å². The number of allylic oxidation sites excluding steroid dienone is 1. The van der Waals surface area contributed by atoms with E-state index in [1.165, 1.54) is 36.0 Å². The summed E-state index contributed by atoms with van der Waals surface area (Å²) in [5, 5.41) is 0. The monoisotopic (exact) mass is 246 g/mol. The van der Waals surface area contributed by atoms with Gasteiger partial charge in [0, 0.05) is 0 Å². The Bertz CT molecular complexity index is 675. The summed E-state index contributed by atoms with van der Waals surface area (Å²) in [6.07, 6.45) is 7.34. The van der Waals surface area contributed by atoms with Gasteiger partial charge in [0.1, 0.15) is 0 Å². The van der Waals surface area contributed by atoms with E-state index in [-0.39, 0.29) is 0 Å². The molecule has 0 fully saturated rings. The second-order valence-electron chi connectivity index (χ2n) is 5.84. The van der Waals surface area contributed by atoms with Gasteiger partial charge in [0.25, 0.3) is 0 Å². The largest absolute Gasteiger partial charge is 0.0683 e. The van der Waals surface area contributed by atoms with E-state index < -0.39 is 0 Å². The number of fused-ring (bicyclic) bond motifs is 2. The molecule has 0 aliphatic heterocycles. The van der Waals surface area contributed by atoms with Crippen LogP contribution in [0.1, 0.15) is 35.6 Å².